The molecule has 1 unspecified atom stereocenters. The summed E-state index contributed by atoms with van der Waals surface area (Å²) in [5.74, 6) is -1.59. The molecule has 2 aromatic carbocycles. The third kappa shape index (κ3) is 5.97. The fraction of sp³-hybridized carbons (Fsp3) is 0.333. The minimum atomic E-state index is -0.801. The maximum absolute atomic E-state index is 13.2. The van der Waals surface area contributed by atoms with Gasteiger partial charge in [-0.05, 0) is 35.6 Å². The van der Waals surface area contributed by atoms with Crippen LogP contribution in [0.3, 0.4) is 0 Å². The Kier molecular flexibility index (Phi) is 7.77. The molecule has 36 heavy (non-hydrogen) atoms. The van der Waals surface area contributed by atoms with E-state index in [2.05, 4.69) is 15.7 Å². The molecule has 0 saturated carbocycles. The molecule has 0 radical (unpaired) electrons. The van der Waals surface area contributed by atoms with Gasteiger partial charge in [0.2, 0.25) is 5.91 Å². The standard InChI is InChI=1S/C27H30FN5O3/c1-18(2)24(26(35)29-16-19-9-11-21(28)12-10-19)30-25(34)22-15-23-27(36)32(13-6-14-33(23)31-22)17-20-7-4-3-5-8-20/h3-5,7-12,15,18,24H,6,13-14,16-17H2,1-2H3,(H,29,35)(H,30,34). The third-order valence-corrected chi connectivity index (χ3v) is 6.15. The normalized spacial score (nSPS) is 14.2. The van der Waals surface area contributed by atoms with E-state index in [1.54, 1.807) is 21.7 Å². The van der Waals surface area contributed by atoms with E-state index in [-0.39, 0.29) is 35.8 Å². The molecule has 0 bridgehead atoms. The van der Waals surface area contributed by atoms with E-state index in [0.717, 1.165) is 11.1 Å². The molecule has 1 aliphatic rings. The van der Waals surface area contributed by atoms with Gasteiger partial charge in [0.25, 0.3) is 11.8 Å². The van der Waals surface area contributed by atoms with Crippen molar-refractivity contribution in [3.8, 4) is 0 Å². The number of rotatable bonds is 8. The molecular weight excluding hydrogens is 461 g/mol. The van der Waals surface area contributed by atoms with Gasteiger partial charge in [0.05, 0.1) is 0 Å². The number of aryl methyl sites for hydroxylation is 1. The van der Waals surface area contributed by atoms with Crippen LogP contribution >= 0.6 is 0 Å². The van der Waals surface area contributed by atoms with E-state index in [1.807, 2.05) is 44.2 Å². The van der Waals surface area contributed by atoms with Crippen LogP contribution in [-0.4, -0.2) is 45.0 Å². The lowest BCUT2D eigenvalue weighted by molar-refractivity contribution is -0.124. The first-order valence-corrected chi connectivity index (χ1v) is 12.1. The van der Waals surface area contributed by atoms with Crippen molar-refractivity contribution < 1.29 is 18.8 Å². The van der Waals surface area contributed by atoms with Crippen molar-refractivity contribution in [2.75, 3.05) is 6.54 Å². The second-order valence-electron chi connectivity index (χ2n) is 9.24. The molecule has 188 valence electrons. The molecule has 3 amide bonds. The average molecular weight is 492 g/mol. The Morgan fingerprint density at radius 2 is 1.75 bits per heavy atom. The summed E-state index contributed by atoms with van der Waals surface area (Å²) in [7, 11) is 0. The van der Waals surface area contributed by atoms with Crippen LogP contribution in [0.2, 0.25) is 0 Å². The molecule has 1 atom stereocenters. The molecule has 4 rings (SSSR count). The van der Waals surface area contributed by atoms with Crippen molar-refractivity contribution in [3.05, 3.63) is 89.0 Å². The van der Waals surface area contributed by atoms with Crippen LogP contribution in [0, 0.1) is 11.7 Å². The largest absolute Gasteiger partial charge is 0.350 e. The molecule has 0 spiro atoms. The lowest BCUT2D eigenvalue weighted by Crippen LogP contribution is -2.49. The summed E-state index contributed by atoms with van der Waals surface area (Å²) in [5.41, 5.74) is 2.23. The Morgan fingerprint density at radius 3 is 2.44 bits per heavy atom. The minimum Gasteiger partial charge on any atom is -0.350 e. The van der Waals surface area contributed by atoms with Crippen molar-refractivity contribution in [2.24, 2.45) is 5.92 Å². The van der Waals surface area contributed by atoms with Gasteiger partial charge in [-0.2, -0.15) is 5.10 Å². The molecule has 9 heteroatoms. The van der Waals surface area contributed by atoms with Crippen molar-refractivity contribution in [3.63, 3.8) is 0 Å². The molecule has 8 nitrogen and oxygen atoms in total. The summed E-state index contributed by atoms with van der Waals surface area (Å²) in [6.07, 6.45) is 0.717. The van der Waals surface area contributed by atoms with Crippen LogP contribution in [0.25, 0.3) is 0 Å². The second kappa shape index (κ2) is 11.2. The smallest absolute Gasteiger partial charge is 0.272 e. The number of carbonyl (C=O) groups excluding carboxylic acids is 3. The number of carbonyl (C=O) groups is 3. The number of amides is 3. The van der Waals surface area contributed by atoms with Gasteiger partial charge in [0, 0.05) is 32.2 Å². The fourth-order valence-corrected chi connectivity index (χ4v) is 4.15. The van der Waals surface area contributed by atoms with Crippen LogP contribution in [0.4, 0.5) is 4.39 Å². The highest BCUT2D eigenvalue weighted by atomic mass is 19.1. The quantitative estimate of drug-likeness (QED) is 0.506. The van der Waals surface area contributed by atoms with E-state index in [0.29, 0.717) is 31.7 Å². The van der Waals surface area contributed by atoms with Crippen LogP contribution < -0.4 is 10.6 Å². The lowest BCUT2D eigenvalue weighted by atomic mass is 10.0. The summed E-state index contributed by atoms with van der Waals surface area (Å²) in [6.45, 7) is 5.47. The summed E-state index contributed by atoms with van der Waals surface area (Å²) < 4.78 is 14.7. The van der Waals surface area contributed by atoms with Gasteiger partial charge in [-0.15, -0.1) is 0 Å². The van der Waals surface area contributed by atoms with Crippen LogP contribution in [-0.2, 0) is 24.4 Å². The molecule has 1 aromatic heterocycles. The van der Waals surface area contributed by atoms with Crippen molar-refractivity contribution in [1.82, 2.24) is 25.3 Å². The molecule has 3 aromatic rings. The molecule has 2 heterocycles. The highest BCUT2D eigenvalue weighted by molar-refractivity contribution is 5.99. The third-order valence-electron chi connectivity index (χ3n) is 6.15. The van der Waals surface area contributed by atoms with E-state index >= 15 is 0 Å². The highest BCUT2D eigenvalue weighted by Crippen LogP contribution is 2.17. The SMILES string of the molecule is CC(C)C(NC(=O)c1cc2n(n1)CCCN(Cc1ccccc1)C2=O)C(=O)NCc1ccc(F)cc1. The molecule has 0 aliphatic carbocycles. The Hall–Kier alpha value is -4.01. The van der Waals surface area contributed by atoms with Gasteiger partial charge < -0.3 is 15.5 Å². The first kappa shape index (κ1) is 25.1. The number of halogens is 1. The molecule has 1 aliphatic heterocycles. The number of hydrogen-bond acceptors (Lipinski definition) is 4. The van der Waals surface area contributed by atoms with Gasteiger partial charge in [-0.3, -0.25) is 19.1 Å². The van der Waals surface area contributed by atoms with Crippen molar-refractivity contribution in [1.29, 1.82) is 0 Å². The predicted octanol–water partition coefficient (Wildman–Crippen LogP) is 3.14. The Labute approximate surface area is 209 Å². The number of fused-ring (bicyclic) bond motifs is 1. The number of nitrogens with one attached hydrogen (secondary N) is 2. The zero-order valence-corrected chi connectivity index (χ0v) is 20.4. The summed E-state index contributed by atoms with van der Waals surface area (Å²) in [6, 6.07) is 16.3. The first-order valence-electron chi connectivity index (χ1n) is 12.1. The number of nitrogens with zero attached hydrogens (tertiary/aromatic N) is 3. The zero-order valence-electron chi connectivity index (χ0n) is 20.4. The van der Waals surface area contributed by atoms with E-state index < -0.39 is 11.9 Å². The number of benzene rings is 2. The second-order valence-corrected chi connectivity index (χ2v) is 9.24. The van der Waals surface area contributed by atoms with Crippen LogP contribution in [0.1, 0.15) is 52.4 Å². The monoisotopic (exact) mass is 491 g/mol. The fourth-order valence-electron chi connectivity index (χ4n) is 4.15. The van der Waals surface area contributed by atoms with E-state index in [4.69, 9.17) is 0 Å². The number of hydrogen-bond donors (Lipinski definition) is 2. The van der Waals surface area contributed by atoms with Crippen molar-refractivity contribution in [2.45, 2.75) is 45.9 Å². The maximum atomic E-state index is 13.2. The van der Waals surface area contributed by atoms with E-state index in [9.17, 15) is 18.8 Å². The zero-order chi connectivity index (χ0) is 25.7. The lowest BCUT2D eigenvalue weighted by Gasteiger charge is -2.21. The van der Waals surface area contributed by atoms with Gasteiger partial charge >= 0.3 is 0 Å². The summed E-state index contributed by atoms with van der Waals surface area (Å²) in [5, 5.41) is 9.91. The van der Waals surface area contributed by atoms with Gasteiger partial charge in [0.1, 0.15) is 17.6 Å². The molecule has 0 fully saturated rings. The summed E-state index contributed by atoms with van der Waals surface area (Å²) in [4.78, 5) is 40.8. The Morgan fingerprint density at radius 1 is 1.03 bits per heavy atom. The van der Waals surface area contributed by atoms with E-state index in [1.165, 1.54) is 18.2 Å². The van der Waals surface area contributed by atoms with Gasteiger partial charge in [0.15, 0.2) is 5.69 Å². The van der Waals surface area contributed by atoms with Crippen LogP contribution in [0.15, 0.2) is 60.7 Å². The summed E-state index contributed by atoms with van der Waals surface area (Å²) >= 11 is 0. The highest BCUT2D eigenvalue weighted by Gasteiger charge is 2.29. The minimum absolute atomic E-state index is 0.0943. The molecule has 0 saturated heterocycles. The predicted molar refractivity (Wildman–Crippen MR) is 132 cm³/mol. The molecular formula is C27H30FN5O3. The van der Waals surface area contributed by atoms with Crippen molar-refractivity contribution >= 4 is 17.7 Å². The maximum Gasteiger partial charge on any atom is 0.272 e. The average Bonchev–Trinajstić information content (AvgIpc) is 3.24. The topological polar surface area (TPSA) is 96.3 Å². The Balaban J connectivity index is 1.43. The van der Waals surface area contributed by atoms with Gasteiger partial charge in [-0.1, -0.05) is 56.3 Å². The molecule has 2 N–H and O–H groups in total. The van der Waals surface area contributed by atoms with Crippen LogP contribution in [0.5, 0.6) is 0 Å². The number of aromatic nitrogens is 2. The first-order chi connectivity index (χ1) is 17.3. The van der Waals surface area contributed by atoms with Gasteiger partial charge in [-0.25, -0.2) is 4.39 Å². The Bertz CT molecular complexity index is 1220.